The highest BCUT2D eigenvalue weighted by Crippen LogP contribution is 2.35. The minimum atomic E-state index is -0.0148. The van der Waals surface area contributed by atoms with E-state index in [1.165, 1.54) is 12.0 Å². The van der Waals surface area contributed by atoms with E-state index >= 15 is 0 Å². The van der Waals surface area contributed by atoms with Gasteiger partial charge in [0.25, 0.3) is 5.56 Å². The van der Waals surface area contributed by atoms with Crippen molar-refractivity contribution in [2.75, 3.05) is 19.6 Å². The molecule has 1 saturated heterocycles. The van der Waals surface area contributed by atoms with E-state index in [0.29, 0.717) is 24.6 Å². The van der Waals surface area contributed by atoms with Crippen molar-refractivity contribution in [3.05, 3.63) is 100 Å². The number of carbonyl (C=O) groups excluding carboxylic acids is 1. The van der Waals surface area contributed by atoms with Gasteiger partial charge in [-0.15, -0.1) is 0 Å². The molecule has 0 bridgehead atoms. The molecule has 0 spiro atoms. The maximum absolute atomic E-state index is 14.3. The quantitative estimate of drug-likeness (QED) is 0.249. The molecule has 1 amide bonds. The molecule has 1 aliphatic carbocycles. The van der Waals surface area contributed by atoms with Gasteiger partial charge in [0.15, 0.2) is 0 Å². The first-order chi connectivity index (χ1) is 21.0. The summed E-state index contributed by atoms with van der Waals surface area (Å²) in [6, 6.07) is 20.8. The third-order valence-electron chi connectivity index (χ3n) is 9.97. The summed E-state index contributed by atoms with van der Waals surface area (Å²) in [7, 11) is 3.90. The Labute approximate surface area is 255 Å². The number of imidazole rings is 1. The number of aryl methyl sites for hydroxylation is 2. The largest absolute Gasteiger partial charge is 0.337 e. The van der Waals surface area contributed by atoms with Crippen LogP contribution in [0, 0.1) is 11.8 Å². The Bertz CT molecular complexity index is 1580. The number of hydrogen-bond acceptors (Lipinski definition) is 4. The van der Waals surface area contributed by atoms with E-state index in [2.05, 4.69) is 62.8 Å². The van der Waals surface area contributed by atoms with E-state index in [4.69, 9.17) is 0 Å². The summed E-state index contributed by atoms with van der Waals surface area (Å²) in [6.45, 7) is 3.89. The highest BCUT2D eigenvalue weighted by atomic mass is 16.2. The van der Waals surface area contributed by atoms with Crippen molar-refractivity contribution < 1.29 is 4.79 Å². The van der Waals surface area contributed by atoms with Gasteiger partial charge >= 0.3 is 0 Å². The standard InChI is InChI=1S/C36H45N5O2/c1-38-22-19-37-34(38)26-40-20-17-28(18-21-40)32(27-11-5-3-6-12-27)25-41(36(43)29-13-7-4-8-14-29)24-31-23-30-15-9-10-16-33(30)39(2)35(31)42/h3,5-6,9-12,15-16,19,22-23,28-29,32H,4,7-8,13-14,17-18,20-21,24-26H2,1-2H3. The number of carbonyl (C=O) groups is 1. The van der Waals surface area contributed by atoms with Crippen molar-refractivity contribution >= 4 is 16.8 Å². The Morgan fingerprint density at radius 2 is 1.67 bits per heavy atom. The maximum atomic E-state index is 14.3. The minimum Gasteiger partial charge on any atom is -0.337 e. The van der Waals surface area contributed by atoms with Gasteiger partial charge < -0.3 is 14.0 Å². The van der Waals surface area contributed by atoms with Crippen LogP contribution in [0.1, 0.15) is 67.8 Å². The molecular formula is C36H45N5O2. The average molecular weight is 580 g/mol. The van der Waals surface area contributed by atoms with Crippen molar-refractivity contribution in [2.45, 2.75) is 64.0 Å². The summed E-state index contributed by atoms with van der Waals surface area (Å²) < 4.78 is 3.84. The second-order valence-corrected chi connectivity index (χ2v) is 12.7. The first kappa shape index (κ1) is 29.4. The predicted molar refractivity (Wildman–Crippen MR) is 172 cm³/mol. The monoisotopic (exact) mass is 579 g/mol. The van der Waals surface area contributed by atoms with Crippen LogP contribution in [0.15, 0.2) is 77.9 Å². The highest BCUT2D eigenvalue weighted by Gasteiger charge is 2.33. The number of benzene rings is 2. The normalized spacial score (nSPS) is 17.7. The van der Waals surface area contributed by atoms with E-state index < -0.39 is 0 Å². The molecule has 1 aliphatic heterocycles. The fourth-order valence-electron chi connectivity index (χ4n) is 7.37. The molecule has 226 valence electrons. The summed E-state index contributed by atoms with van der Waals surface area (Å²) in [5.41, 5.74) is 2.89. The van der Waals surface area contributed by atoms with Crippen LogP contribution in [-0.4, -0.2) is 49.5 Å². The van der Waals surface area contributed by atoms with Crippen LogP contribution in [-0.2, 0) is 32.0 Å². The minimum absolute atomic E-state index is 0.0148. The third-order valence-corrected chi connectivity index (χ3v) is 9.97. The van der Waals surface area contributed by atoms with Crippen LogP contribution in [0.25, 0.3) is 10.9 Å². The molecule has 1 unspecified atom stereocenters. The number of nitrogens with zero attached hydrogens (tertiary/aromatic N) is 5. The Balaban J connectivity index is 1.28. The molecule has 1 saturated carbocycles. The molecule has 2 fully saturated rings. The first-order valence-electron chi connectivity index (χ1n) is 16.1. The number of rotatable bonds is 9. The number of likely N-dealkylation sites (tertiary alicyclic amines) is 1. The van der Waals surface area contributed by atoms with Gasteiger partial charge in [-0.3, -0.25) is 14.5 Å². The van der Waals surface area contributed by atoms with Gasteiger partial charge in [-0.2, -0.15) is 0 Å². The topological polar surface area (TPSA) is 63.4 Å². The SMILES string of the molecule is Cn1ccnc1CN1CCC(C(CN(Cc2cc3ccccc3n(C)c2=O)C(=O)C2CCCCC2)c2ccccc2)CC1. The van der Waals surface area contributed by atoms with E-state index in [1.54, 1.807) is 4.57 Å². The number of amides is 1. The van der Waals surface area contributed by atoms with E-state index in [9.17, 15) is 9.59 Å². The predicted octanol–water partition coefficient (Wildman–Crippen LogP) is 5.88. The van der Waals surface area contributed by atoms with Gasteiger partial charge in [0, 0.05) is 50.4 Å². The molecular weight excluding hydrogens is 534 g/mol. The van der Waals surface area contributed by atoms with Gasteiger partial charge in [0.05, 0.1) is 18.6 Å². The number of piperidine rings is 1. The summed E-state index contributed by atoms with van der Waals surface area (Å²) >= 11 is 0. The van der Waals surface area contributed by atoms with Gasteiger partial charge in [-0.25, -0.2) is 4.98 Å². The van der Waals surface area contributed by atoms with Crippen LogP contribution in [0.4, 0.5) is 0 Å². The number of pyridine rings is 1. The van der Waals surface area contributed by atoms with Crippen molar-refractivity contribution in [3.8, 4) is 0 Å². The summed E-state index contributed by atoms with van der Waals surface area (Å²) in [5, 5.41) is 1.03. The lowest BCUT2D eigenvalue weighted by atomic mass is 9.79. The zero-order chi connectivity index (χ0) is 29.8. The second-order valence-electron chi connectivity index (χ2n) is 12.7. The van der Waals surface area contributed by atoms with Crippen LogP contribution in [0.2, 0.25) is 0 Å². The lowest BCUT2D eigenvalue weighted by molar-refractivity contribution is -0.137. The molecule has 1 atom stereocenters. The van der Waals surface area contributed by atoms with Crippen LogP contribution >= 0.6 is 0 Å². The Morgan fingerprint density at radius 1 is 0.953 bits per heavy atom. The molecule has 4 aromatic rings. The summed E-state index contributed by atoms with van der Waals surface area (Å²) in [6.07, 6.45) is 11.4. The number of fused-ring (bicyclic) bond motifs is 1. The number of hydrogen-bond donors (Lipinski definition) is 0. The average Bonchev–Trinajstić information content (AvgIpc) is 3.46. The van der Waals surface area contributed by atoms with Crippen molar-refractivity contribution in [2.24, 2.45) is 25.9 Å². The number of para-hydroxylation sites is 1. The molecule has 2 aromatic heterocycles. The van der Waals surface area contributed by atoms with Gasteiger partial charge in [-0.05, 0) is 67.8 Å². The van der Waals surface area contributed by atoms with Gasteiger partial charge in [0.1, 0.15) is 5.82 Å². The zero-order valence-corrected chi connectivity index (χ0v) is 25.7. The van der Waals surface area contributed by atoms with Crippen molar-refractivity contribution in [1.29, 1.82) is 0 Å². The molecule has 0 N–H and O–H groups in total. The molecule has 2 aliphatic rings. The van der Waals surface area contributed by atoms with Crippen molar-refractivity contribution in [1.82, 2.24) is 23.9 Å². The zero-order valence-electron chi connectivity index (χ0n) is 25.7. The van der Waals surface area contributed by atoms with Gasteiger partial charge in [-0.1, -0.05) is 67.8 Å². The molecule has 3 heterocycles. The number of aromatic nitrogens is 3. The molecule has 43 heavy (non-hydrogen) atoms. The molecule has 6 rings (SSSR count). The van der Waals surface area contributed by atoms with Gasteiger partial charge in [0.2, 0.25) is 5.91 Å². The smallest absolute Gasteiger partial charge is 0.255 e. The highest BCUT2D eigenvalue weighted by molar-refractivity contribution is 5.81. The summed E-state index contributed by atoms with van der Waals surface area (Å²) in [5.74, 6) is 2.05. The lowest BCUT2D eigenvalue weighted by Crippen LogP contribution is -2.43. The third kappa shape index (κ3) is 6.62. The van der Waals surface area contributed by atoms with Crippen LogP contribution in [0.5, 0.6) is 0 Å². The van der Waals surface area contributed by atoms with E-state index in [0.717, 1.165) is 74.9 Å². The van der Waals surface area contributed by atoms with Crippen molar-refractivity contribution in [3.63, 3.8) is 0 Å². The molecule has 7 nitrogen and oxygen atoms in total. The molecule has 2 aromatic carbocycles. The Morgan fingerprint density at radius 3 is 2.40 bits per heavy atom. The molecule has 0 radical (unpaired) electrons. The maximum Gasteiger partial charge on any atom is 0.255 e. The van der Waals surface area contributed by atoms with Crippen LogP contribution in [0.3, 0.4) is 0 Å². The molecule has 7 heteroatoms. The fourth-order valence-corrected chi connectivity index (χ4v) is 7.37. The van der Waals surface area contributed by atoms with Crippen LogP contribution < -0.4 is 5.56 Å². The summed E-state index contributed by atoms with van der Waals surface area (Å²) in [4.78, 5) is 36.9. The van der Waals surface area contributed by atoms with E-state index in [-0.39, 0.29) is 23.3 Å². The Kier molecular flexibility index (Phi) is 9.08. The second kappa shape index (κ2) is 13.3. The fraction of sp³-hybridized carbons (Fsp3) is 0.472. The lowest BCUT2D eigenvalue weighted by Gasteiger charge is -2.39. The Hall–Kier alpha value is -3.71. The van der Waals surface area contributed by atoms with E-state index in [1.807, 2.05) is 43.7 Å². The first-order valence-corrected chi connectivity index (χ1v) is 16.1.